The molecule has 0 amide bonds. The van der Waals surface area contributed by atoms with Crippen molar-refractivity contribution in [1.29, 1.82) is 0 Å². The lowest BCUT2D eigenvalue weighted by Crippen LogP contribution is -2.44. The van der Waals surface area contributed by atoms with Crippen molar-refractivity contribution in [2.45, 2.75) is 46.1 Å². The molecule has 0 bridgehead atoms. The maximum absolute atomic E-state index is 11.3. The molecule has 0 radical (unpaired) electrons. The quantitative estimate of drug-likeness (QED) is 0.757. The van der Waals surface area contributed by atoms with Crippen LogP contribution in [0.4, 0.5) is 5.69 Å². The van der Waals surface area contributed by atoms with Crippen molar-refractivity contribution in [3.8, 4) is 0 Å². The second-order valence-electron chi connectivity index (χ2n) is 5.77. The molecule has 0 saturated carbocycles. The number of para-hydroxylation sites is 1. The van der Waals surface area contributed by atoms with Crippen molar-refractivity contribution in [3.63, 3.8) is 0 Å². The zero-order chi connectivity index (χ0) is 13.2. The third kappa shape index (κ3) is 2.43. The van der Waals surface area contributed by atoms with E-state index in [0.29, 0.717) is 6.04 Å². The average Bonchev–Trinajstić information content (AvgIpc) is 2.42. The third-order valence-corrected chi connectivity index (χ3v) is 4.29. The molecule has 0 aromatic heterocycles. The zero-order valence-electron chi connectivity index (χ0n) is 11.6. The average molecular weight is 245 g/mol. The number of anilines is 1. The Morgan fingerprint density at radius 1 is 1.44 bits per heavy atom. The summed E-state index contributed by atoms with van der Waals surface area (Å²) in [5.41, 5.74) is 2.50. The van der Waals surface area contributed by atoms with E-state index in [4.69, 9.17) is 0 Å². The van der Waals surface area contributed by atoms with Crippen molar-refractivity contribution < 1.29 is 4.79 Å². The molecule has 2 rings (SSSR count). The van der Waals surface area contributed by atoms with Gasteiger partial charge in [0.25, 0.3) is 0 Å². The summed E-state index contributed by atoms with van der Waals surface area (Å²) in [5, 5.41) is 0. The zero-order valence-corrected chi connectivity index (χ0v) is 11.6. The number of benzene rings is 1. The molecule has 2 atom stereocenters. The van der Waals surface area contributed by atoms with Crippen molar-refractivity contribution in [2.24, 2.45) is 5.41 Å². The molecule has 1 aromatic carbocycles. The van der Waals surface area contributed by atoms with Crippen LogP contribution in [0.3, 0.4) is 0 Å². The van der Waals surface area contributed by atoms with Gasteiger partial charge in [-0.05, 0) is 37.8 Å². The highest BCUT2D eigenvalue weighted by Crippen LogP contribution is 2.33. The lowest BCUT2D eigenvalue weighted by molar-refractivity contribution is -0.115. The van der Waals surface area contributed by atoms with E-state index in [-0.39, 0.29) is 5.41 Å². The summed E-state index contributed by atoms with van der Waals surface area (Å²) in [6, 6.07) is 9.11. The van der Waals surface area contributed by atoms with Crippen molar-refractivity contribution in [1.82, 2.24) is 0 Å². The number of aryl methyl sites for hydroxylation is 1. The molecule has 0 fully saturated rings. The summed E-state index contributed by atoms with van der Waals surface area (Å²) in [4.78, 5) is 13.7. The van der Waals surface area contributed by atoms with Gasteiger partial charge in [0.15, 0.2) is 0 Å². The van der Waals surface area contributed by atoms with Crippen molar-refractivity contribution in [3.05, 3.63) is 29.8 Å². The van der Waals surface area contributed by atoms with Crippen LogP contribution in [-0.2, 0) is 11.2 Å². The van der Waals surface area contributed by atoms with Gasteiger partial charge in [0.2, 0.25) is 0 Å². The van der Waals surface area contributed by atoms with E-state index in [9.17, 15) is 4.79 Å². The van der Waals surface area contributed by atoms with Gasteiger partial charge in [0.1, 0.15) is 6.29 Å². The Morgan fingerprint density at radius 2 is 2.17 bits per heavy atom. The van der Waals surface area contributed by atoms with E-state index in [1.165, 1.54) is 17.7 Å². The first-order valence-corrected chi connectivity index (χ1v) is 6.90. The minimum Gasteiger partial charge on any atom is -0.368 e. The molecule has 98 valence electrons. The Kier molecular flexibility index (Phi) is 3.74. The van der Waals surface area contributed by atoms with Crippen LogP contribution < -0.4 is 4.90 Å². The van der Waals surface area contributed by atoms with Crippen LogP contribution in [0.2, 0.25) is 0 Å². The van der Waals surface area contributed by atoms with Gasteiger partial charge >= 0.3 is 0 Å². The summed E-state index contributed by atoms with van der Waals surface area (Å²) in [7, 11) is 0. The van der Waals surface area contributed by atoms with Gasteiger partial charge in [-0.25, -0.2) is 0 Å². The van der Waals surface area contributed by atoms with Gasteiger partial charge in [-0.15, -0.1) is 0 Å². The minimum atomic E-state index is -0.237. The highest BCUT2D eigenvalue weighted by atomic mass is 16.1. The van der Waals surface area contributed by atoms with Gasteiger partial charge in [-0.3, -0.25) is 0 Å². The van der Waals surface area contributed by atoms with Crippen LogP contribution in [0.1, 0.15) is 39.2 Å². The minimum absolute atomic E-state index is 0.237. The molecule has 2 nitrogen and oxygen atoms in total. The predicted octanol–water partition coefficient (Wildman–Crippen LogP) is 3.44. The van der Waals surface area contributed by atoms with E-state index in [1.807, 2.05) is 0 Å². The third-order valence-electron chi connectivity index (χ3n) is 4.29. The molecule has 2 unspecified atom stereocenters. The number of aldehydes is 1. The van der Waals surface area contributed by atoms with Crippen LogP contribution >= 0.6 is 0 Å². The molecule has 0 spiro atoms. The van der Waals surface area contributed by atoms with Gasteiger partial charge < -0.3 is 9.69 Å². The summed E-state index contributed by atoms with van der Waals surface area (Å²) in [6.45, 7) is 7.24. The van der Waals surface area contributed by atoms with E-state index >= 15 is 0 Å². The number of hydrogen-bond donors (Lipinski definition) is 0. The summed E-state index contributed by atoms with van der Waals surface area (Å²) in [6.07, 6.45) is 4.34. The van der Waals surface area contributed by atoms with Crippen LogP contribution in [0.15, 0.2) is 24.3 Å². The molecule has 1 aliphatic heterocycles. The van der Waals surface area contributed by atoms with Gasteiger partial charge in [-0.2, -0.15) is 0 Å². The molecule has 0 N–H and O–H groups in total. The predicted molar refractivity (Wildman–Crippen MR) is 76.0 cm³/mol. The van der Waals surface area contributed by atoms with E-state index < -0.39 is 0 Å². The fourth-order valence-electron chi connectivity index (χ4n) is 2.62. The molecule has 1 aromatic rings. The standard InChI is InChI=1S/C16H23NO/c1-4-16(3,12-18)11-17-13(2)9-10-14-7-5-6-8-15(14)17/h5-8,12-13H,4,9-11H2,1-3H3. The highest BCUT2D eigenvalue weighted by molar-refractivity contribution is 5.63. The fourth-order valence-corrected chi connectivity index (χ4v) is 2.62. The largest absolute Gasteiger partial charge is 0.368 e. The monoisotopic (exact) mass is 245 g/mol. The molecule has 1 aliphatic rings. The number of carbonyl (C=O) groups is 1. The van der Waals surface area contributed by atoms with Crippen LogP contribution in [0.5, 0.6) is 0 Å². The number of carbonyl (C=O) groups excluding carboxylic acids is 1. The first kappa shape index (κ1) is 13.1. The molecule has 2 heteroatoms. The second kappa shape index (κ2) is 5.13. The molecular formula is C16H23NO. The Balaban J connectivity index is 2.29. The van der Waals surface area contributed by atoms with Gasteiger partial charge in [-0.1, -0.05) is 32.0 Å². The molecular weight excluding hydrogens is 222 g/mol. The van der Waals surface area contributed by atoms with Crippen LogP contribution in [0, 0.1) is 5.41 Å². The smallest absolute Gasteiger partial charge is 0.127 e. The maximum atomic E-state index is 11.3. The van der Waals surface area contributed by atoms with E-state index in [0.717, 1.165) is 25.7 Å². The normalized spacial score (nSPS) is 22.2. The number of rotatable bonds is 4. The summed E-state index contributed by atoms with van der Waals surface area (Å²) >= 11 is 0. The molecule has 0 saturated heterocycles. The topological polar surface area (TPSA) is 20.3 Å². The van der Waals surface area contributed by atoms with Crippen molar-refractivity contribution >= 4 is 12.0 Å². The maximum Gasteiger partial charge on any atom is 0.127 e. The van der Waals surface area contributed by atoms with Gasteiger partial charge in [0.05, 0.1) is 0 Å². The molecule has 0 aliphatic carbocycles. The van der Waals surface area contributed by atoms with E-state index in [2.05, 4.69) is 49.9 Å². The SMILES string of the molecule is CCC(C)(C=O)CN1c2ccccc2CCC1C. The Labute approximate surface area is 110 Å². The first-order valence-electron chi connectivity index (χ1n) is 6.90. The van der Waals surface area contributed by atoms with E-state index in [1.54, 1.807) is 0 Å². The number of fused-ring (bicyclic) bond motifs is 1. The van der Waals surface area contributed by atoms with Crippen molar-refractivity contribution in [2.75, 3.05) is 11.4 Å². The van der Waals surface area contributed by atoms with Crippen LogP contribution in [0.25, 0.3) is 0 Å². The number of hydrogen-bond acceptors (Lipinski definition) is 2. The van der Waals surface area contributed by atoms with Gasteiger partial charge in [0, 0.05) is 23.7 Å². The number of nitrogens with zero attached hydrogens (tertiary/aromatic N) is 1. The lowest BCUT2D eigenvalue weighted by Gasteiger charge is -2.41. The Morgan fingerprint density at radius 3 is 2.83 bits per heavy atom. The Hall–Kier alpha value is -1.31. The molecule has 18 heavy (non-hydrogen) atoms. The Bertz CT molecular complexity index is 429. The molecule has 1 heterocycles. The highest BCUT2D eigenvalue weighted by Gasteiger charge is 2.30. The lowest BCUT2D eigenvalue weighted by atomic mass is 9.86. The van der Waals surface area contributed by atoms with Crippen LogP contribution in [-0.4, -0.2) is 18.9 Å². The summed E-state index contributed by atoms with van der Waals surface area (Å²) in [5.74, 6) is 0. The first-order chi connectivity index (χ1) is 8.59. The fraction of sp³-hybridized carbons (Fsp3) is 0.562. The summed E-state index contributed by atoms with van der Waals surface area (Å²) < 4.78 is 0. The second-order valence-corrected chi connectivity index (χ2v) is 5.77.